The van der Waals surface area contributed by atoms with Crippen molar-refractivity contribution in [2.75, 3.05) is 25.5 Å². The van der Waals surface area contributed by atoms with Crippen LogP contribution in [0.3, 0.4) is 0 Å². The molecule has 1 atom stereocenters. The molecule has 0 spiro atoms. The number of para-hydroxylation sites is 1. The van der Waals surface area contributed by atoms with Crippen molar-refractivity contribution >= 4 is 22.9 Å². The summed E-state index contributed by atoms with van der Waals surface area (Å²) in [5.41, 5.74) is 3.96. The van der Waals surface area contributed by atoms with Gasteiger partial charge in [0.15, 0.2) is 0 Å². The fourth-order valence-corrected chi connectivity index (χ4v) is 6.66. The molecule has 1 aromatic heterocycles. The lowest BCUT2D eigenvalue weighted by Gasteiger charge is -2.36. The van der Waals surface area contributed by atoms with E-state index in [1.165, 1.54) is 39.8 Å². The van der Waals surface area contributed by atoms with Gasteiger partial charge >= 0.3 is 0 Å². The van der Waals surface area contributed by atoms with Crippen molar-refractivity contribution in [3.8, 4) is 5.75 Å². The number of ether oxygens (including phenoxy) is 1. The Bertz CT molecular complexity index is 1190. The number of rotatable bonds is 5. The molecule has 33 heavy (non-hydrogen) atoms. The minimum Gasteiger partial charge on any atom is -0.496 e. The summed E-state index contributed by atoms with van der Waals surface area (Å²) in [5.74, 6) is -0.995. The average Bonchev–Trinajstić information content (AvgIpc) is 3.19. The standard InChI is InChI=1S/C26H26F2N2O2S/c1-32-22-8-4-2-7-19(22)25-26-18(17-6-3-5-9-23(17)33-26)12-13-30(25)15-24(31)29-21-11-10-16(27)14-20(21)28/h2,4,7-8,10-11,14,25H,3,5-6,9,12-13,15H2,1H3,(H,29,31)/t25-/m1/s1. The summed E-state index contributed by atoms with van der Waals surface area (Å²) in [5, 5.41) is 2.61. The molecule has 0 radical (unpaired) electrons. The van der Waals surface area contributed by atoms with Crippen LogP contribution in [0.25, 0.3) is 0 Å². The number of aryl methyl sites for hydroxylation is 1. The van der Waals surface area contributed by atoms with Crippen molar-refractivity contribution in [1.82, 2.24) is 4.90 Å². The van der Waals surface area contributed by atoms with E-state index in [4.69, 9.17) is 4.74 Å². The first-order valence-corrected chi connectivity index (χ1v) is 12.1. The third-order valence-electron chi connectivity index (χ3n) is 6.56. The Morgan fingerprint density at radius 3 is 2.76 bits per heavy atom. The van der Waals surface area contributed by atoms with Gasteiger partial charge in [0.1, 0.15) is 17.4 Å². The van der Waals surface area contributed by atoms with E-state index >= 15 is 0 Å². The molecular weight excluding hydrogens is 442 g/mol. The number of thiophene rings is 1. The molecule has 1 N–H and O–H groups in total. The number of amides is 1. The summed E-state index contributed by atoms with van der Waals surface area (Å²) in [7, 11) is 1.66. The Kier molecular flexibility index (Phi) is 6.17. The number of hydrogen-bond acceptors (Lipinski definition) is 4. The summed E-state index contributed by atoms with van der Waals surface area (Å²) in [6.45, 7) is 0.819. The van der Waals surface area contributed by atoms with E-state index in [9.17, 15) is 13.6 Å². The van der Waals surface area contributed by atoms with Crippen molar-refractivity contribution in [3.63, 3.8) is 0 Å². The van der Waals surface area contributed by atoms with Gasteiger partial charge in [-0.15, -0.1) is 11.3 Å². The van der Waals surface area contributed by atoms with Crippen LogP contribution in [0, 0.1) is 11.6 Å². The monoisotopic (exact) mass is 468 g/mol. The maximum atomic E-state index is 14.1. The maximum absolute atomic E-state index is 14.1. The van der Waals surface area contributed by atoms with Gasteiger partial charge in [0, 0.05) is 27.9 Å². The van der Waals surface area contributed by atoms with Crippen LogP contribution in [-0.2, 0) is 24.1 Å². The van der Waals surface area contributed by atoms with Crippen molar-refractivity contribution in [3.05, 3.63) is 80.5 Å². The summed E-state index contributed by atoms with van der Waals surface area (Å²) >= 11 is 1.87. The Morgan fingerprint density at radius 2 is 1.94 bits per heavy atom. The van der Waals surface area contributed by atoms with Crippen LogP contribution < -0.4 is 10.1 Å². The number of fused-ring (bicyclic) bond motifs is 3. The minimum atomic E-state index is -0.781. The smallest absolute Gasteiger partial charge is 0.238 e. The van der Waals surface area contributed by atoms with E-state index < -0.39 is 11.6 Å². The van der Waals surface area contributed by atoms with E-state index in [0.29, 0.717) is 0 Å². The fourth-order valence-electron chi connectivity index (χ4n) is 5.06. The molecule has 0 saturated heterocycles. The SMILES string of the molecule is COc1ccccc1[C@@H]1c2sc3c(c2CCN1CC(=O)Nc1ccc(F)cc1F)CCCC3. The highest BCUT2D eigenvalue weighted by molar-refractivity contribution is 7.12. The molecule has 5 rings (SSSR count). The molecule has 1 amide bonds. The molecule has 2 aliphatic rings. The number of methoxy groups -OCH3 is 1. The average molecular weight is 469 g/mol. The highest BCUT2D eigenvalue weighted by Gasteiger charge is 2.36. The molecule has 3 aromatic rings. The second-order valence-electron chi connectivity index (χ2n) is 8.59. The fraction of sp³-hybridized carbons (Fsp3) is 0.346. The second-order valence-corrected chi connectivity index (χ2v) is 9.73. The van der Waals surface area contributed by atoms with Crippen LogP contribution in [0.2, 0.25) is 0 Å². The number of carbonyl (C=O) groups is 1. The summed E-state index contributed by atoms with van der Waals surface area (Å²) < 4.78 is 33.0. The molecule has 0 fully saturated rings. The normalized spacial score (nSPS) is 17.8. The van der Waals surface area contributed by atoms with E-state index in [0.717, 1.165) is 49.3 Å². The van der Waals surface area contributed by atoms with E-state index in [1.807, 2.05) is 29.5 Å². The quantitative estimate of drug-likeness (QED) is 0.538. The number of hydrogen-bond donors (Lipinski definition) is 1. The van der Waals surface area contributed by atoms with Gasteiger partial charge in [-0.2, -0.15) is 0 Å². The van der Waals surface area contributed by atoms with Crippen LogP contribution in [0.15, 0.2) is 42.5 Å². The Morgan fingerprint density at radius 1 is 1.12 bits per heavy atom. The third-order valence-corrected chi connectivity index (χ3v) is 7.95. The first-order valence-electron chi connectivity index (χ1n) is 11.3. The minimum absolute atomic E-state index is 0.0143. The number of benzene rings is 2. The van der Waals surface area contributed by atoms with Gasteiger partial charge in [-0.25, -0.2) is 8.78 Å². The van der Waals surface area contributed by atoms with Crippen LogP contribution in [0.1, 0.15) is 45.3 Å². The Labute approximate surface area is 196 Å². The topological polar surface area (TPSA) is 41.6 Å². The number of nitrogens with one attached hydrogen (secondary N) is 1. The van der Waals surface area contributed by atoms with Crippen molar-refractivity contribution in [1.29, 1.82) is 0 Å². The zero-order valence-electron chi connectivity index (χ0n) is 18.5. The zero-order chi connectivity index (χ0) is 22.9. The molecule has 7 heteroatoms. The summed E-state index contributed by atoms with van der Waals surface area (Å²) in [4.78, 5) is 17.8. The molecule has 0 bridgehead atoms. The Hall–Kier alpha value is -2.77. The molecule has 0 saturated carbocycles. The van der Waals surface area contributed by atoms with Crippen LogP contribution >= 0.6 is 11.3 Å². The Balaban J connectivity index is 1.48. The first-order chi connectivity index (χ1) is 16.0. The second kappa shape index (κ2) is 9.23. The lowest BCUT2D eigenvalue weighted by Crippen LogP contribution is -2.41. The van der Waals surface area contributed by atoms with Gasteiger partial charge < -0.3 is 10.1 Å². The van der Waals surface area contributed by atoms with Crippen molar-refractivity contribution < 1.29 is 18.3 Å². The predicted octanol–water partition coefficient (Wildman–Crippen LogP) is 5.50. The predicted molar refractivity (Wildman–Crippen MR) is 126 cm³/mol. The number of anilines is 1. The van der Waals surface area contributed by atoms with E-state index in [1.54, 1.807) is 7.11 Å². The lowest BCUT2D eigenvalue weighted by molar-refractivity contribution is -0.117. The van der Waals surface area contributed by atoms with Crippen LogP contribution in [0.5, 0.6) is 5.75 Å². The van der Waals surface area contributed by atoms with Crippen LogP contribution in [-0.4, -0.2) is 31.0 Å². The van der Waals surface area contributed by atoms with E-state index in [-0.39, 0.29) is 24.2 Å². The number of halogens is 2. The molecule has 1 aliphatic heterocycles. The van der Waals surface area contributed by atoms with Crippen molar-refractivity contribution in [2.45, 2.75) is 38.1 Å². The molecule has 4 nitrogen and oxygen atoms in total. The van der Waals surface area contributed by atoms with E-state index in [2.05, 4.69) is 16.3 Å². The lowest BCUT2D eigenvalue weighted by atomic mass is 9.88. The molecule has 0 unspecified atom stereocenters. The number of carbonyl (C=O) groups excluding carboxylic acids is 1. The highest BCUT2D eigenvalue weighted by Crippen LogP contribution is 2.46. The largest absolute Gasteiger partial charge is 0.496 e. The van der Waals surface area contributed by atoms with Crippen LogP contribution in [0.4, 0.5) is 14.5 Å². The maximum Gasteiger partial charge on any atom is 0.238 e. The van der Waals surface area contributed by atoms with Gasteiger partial charge in [-0.1, -0.05) is 18.2 Å². The number of nitrogens with zero attached hydrogens (tertiary/aromatic N) is 1. The molecule has 2 aromatic carbocycles. The molecule has 172 valence electrons. The summed E-state index contributed by atoms with van der Waals surface area (Å²) in [6.07, 6.45) is 5.59. The first kappa shape index (κ1) is 22.0. The molecular formula is C26H26F2N2O2S. The van der Waals surface area contributed by atoms with Gasteiger partial charge in [0.05, 0.1) is 25.4 Å². The van der Waals surface area contributed by atoms with Crippen molar-refractivity contribution in [2.24, 2.45) is 0 Å². The zero-order valence-corrected chi connectivity index (χ0v) is 19.3. The molecule has 1 aliphatic carbocycles. The van der Waals surface area contributed by atoms with Gasteiger partial charge in [-0.05, 0) is 61.4 Å². The third kappa shape index (κ3) is 4.27. The van der Waals surface area contributed by atoms with Gasteiger partial charge in [-0.3, -0.25) is 9.69 Å². The highest BCUT2D eigenvalue weighted by atomic mass is 32.1. The van der Waals surface area contributed by atoms with Gasteiger partial charge in [0.2, 0.25) is 5.91 Å². The molecule has 2 heterocycles. The summed E-state index contributed by atoms with van der Waals surface area (Å²) in [6, 6.07) is 11.0. The van der Waals surface area contributed by atoms with Gasteiger partial charge in [0.25, 0.3) is 0 Å².